The molecule has 0 aliphatic carbocycles. The number of nitrogens with two attached hydrogens (primary N) is 2. The van der Waals surface area contributed by atoms with E-state index in [9.17, 15) is 0 Å². The molecule has 0 aromatic carbocycles. The third-order valence-electron chi connectivity index (χ3n) is 4.29. The van der Waals surface area contributed by atoms with Gasteiger partial charge in [0.25, 0.3) is 0 Å². The van der Waals surface area contributed by atoms with Crippen molar-refractivity contribution in [1.82, 2.24) is 0 Å². The van der Waals surface area contributed by atoms with Crippen molar-refractivity contribution in [3.63, 3.8) is 0 Å². The lowest BCUT2D eigenvalue weighted by Gasteiger charge is -2.07. The van der Waals surface area contributed by atoms with Crippen LogP contribution >= 0.6 is 0 Å². The molecule has 0 heterocycles. The van der Waals surface area contributed by atoms with Gasteiger partial charge in [0.1, 0.15) is 0 Å². The van der Waals surface area contributed by atoms with Crippen molar-refractivity contribution in [2.45, 2.75) is 64.2 Å². The first-order valence-corrected chi connectivity index (χ1v) is 11.7. The largest absolute Gasteiger partial charge is 0.381 e. The molecule has 7 nitrogen and oxygen atoms in total. The lowest BCUT2D eigenvalue weighted by atomic mass is 10.3. The third-order valence-corrected chi connectivity index (χ3v) is 4.29. The van der Waals surface area contributed by atoms with Gasteiger partial charge in [0.2, 0.25) is 0 Å². The quantitative estimate of drug-likeness (QED) is 0.208. The molecule has 0 saturated heterocycles. The highest BCUT2D eigenvalue weighted by atomic mass is 16.5. The van der Waals surface area contributed by atoms with Crippen LogP contribution in [-0.2, 0) is 23.7 Å². The summed E-state index contributed by atoms with van der Waals surface area (Å²) in [5.74, 6) is 0. The Morgan fingerprint density at radius 1 is 0.276 bits per heavy atom. The number of ether oxygens (including phenoxy) is 5. The van der Waals surface area contributed by atoms with Crippen molar-refractivity contribution in [2.75, 3.05) is 79.2 Å². The average Bonchev–Trinajstić information content (AvgIpc) is 2.74. The molecule has 0 unspecified atom stereocenters. The molecule has 0 amide bonds. The van der Waals surface area contributed by atoms with Gasteiger partial charge < -0.3 is 35.2 Å². The Kier molecular flexibility index (Phi) is 27.5. The fourth-order valence-corrected chi connectivity index (χ4v) is 2.51. The van der Waals surface area contributed by atoms with Gasteiger partial charge in [-0.3, -0.25) is 0 Å². The molecular weight excluding hydrogens is 372 g/mol. The summed E-state index contributed by atoms with van der Waals surface area (Å²) in [6, 6.07) is 0. The van der Waals surface area contributed by atoms with Crippen LogP contribution in [0.4, 0.5) is 0 Å². The number of hydrogen-bond donors (Lipinski definition) is 2. The van der Waals surface area contributed by atoms with Crippen LogP contribution in [0.1, 0.15) is 64.2 Å². The molecular formula is C22H48N2O5. The fraction of sp³-hybridized carbons (Fsp3) is 1.00. The Labute approximate surface area is 179 Å². The van der Waals surface area contributed by atoms with Crippen molar-refractivity contribution < 1.29 is 23.7 Å². The van der Waals surface area contributed by atoms with Crippen LogP contribution in [0.25, 0.3) is 0 Å². The Morgan fingerprint density at radius 3 is 0.621 bits per heavy atom. The Balaban J connectivity index is 2.97. The second-order valence-corrected chi connectivity index (χ2v) is 7.17. The molecule has 0 bridgehead atoms. The molecule has 176 valence electrons. The molecule has 0 aromatic rings. The van der Waals surface area contributed by atoms with Crippen LogP contribution < -0.4 is 11.5 Å². The molecule has 0 aromatic heterocycles. The molecule has 0 aliphatic rings. The van der Waals surface area contributed by atoms with E-state index in [1.54, 1.807) is 0 Å². The van der Waals surface area contributed by atoms with Crippen LogP contribution in [-0.4, -0.2) is 79.2 Å². The first-order chi connectivity index (χ1) is 14.4. The maximum absolute atomic E-state index is 5.66. The molecule has 0 rings (SSSR count). The van der Waals surface area contributed by atoms with Crippen LogP contribution in [0.5, 0.6) is 0 Å². The van der Waals surface area contributed by atoms with Gasteiger partial charge in [0, 0.05) is 66.1 Å². The van der Waals surface area contributed by atoms with E-state index in [1.165, 1.54) is 0 Å². The van der Waals surface area contributed by atoms with Gasteiger partial charge in [-0.1, -0.05) is 0 Å². The van der Waals surface area contributed by atoms with E-state index in [-0.39, 0.29) is 0 Å². The first-order valence-electron chi connectivity index (χ1n) is 11.7. The number of unbranched alkanes of at least 4 members (excludes halogenated alkanes) is 4. The topological polar surface area (TPSA) is 98.2 Å². The monoisotopic (exact) mass is 420 g/mol. The minimum atomic E-state index is 0.703. The summed E-state index contributed by atoms with van der Waals surface area (Å²) in [6.45, 7) is 9.51. The molecule has 0 spiro atoms. The second-order valence-electron chi connectivity index (χ2n) is 7.17. The SMILES string of the molecule is NCCCOCCCCOCCCCOCCCCOCCCCOCCCN. The van der Waals surface area contributed by atoms with E-state index < -0.39 is 0 Å². The Hall–Kier alpha value is -0.280. The molecule has 4 N–H and O–H groups in total. The average molecular weight is 421 g/mol. The van der Waals surface area contributed by atoms with E-state index in [1.807, 2.05) is 0 Å². The van der Waals surface area contributed by atoms with E-state index in [2.05, 4.69) is 0 Å². The van der Waals surface area contributed by atoms with Crippen LogP contribution in [0.2, 0.25) is 0 Å². The molecule has 29 heavy (non-hydrogen) atoms. The van der Waals surface area contributed by atoms with Gasteiger partial charge in [-0.15, -0.1) is 0 Å². The van der Waals surface area contributed by atoms with Gasteiger partial charge >= 0.3 is 0 Å². The van der Waals surface area contributed by atoms with Crippen LogP contribution in [0.15, 0.2) is 0 Å². The zero-order chi connectivity index (χ0) is 21.1. The van der Waals surface area contributed by atoms with Crippen LogP contribution in [0.3, 0.4) is 0 Å². The summed E-state index contributed by atoms with van der Waals surface area (Å²) < 4.78 is 27.8. The predicted octanol–water partition coefficient (Wildman–Crippen LogP) is 2.89. The standard InChI is InChI=1S/C22H48N2O5/c23-11-9-21-28-19-7-5-17-26-15-3-1-13-25-14-2-4-16-27-18-6-8-20-29-22-10-12-24/h1-24H2. The highest BCUT2D eigenvalue weighted by molar-refractivity contribution is 4.44. The summed E-state index contributed by atoms with van der Waals surface area (Å²) >= 11 is 0. The Morgan fingerprint density at radius 2 is 0.448 bits per heavy atom. The molecule has 0 fully saturated rings. The molecule has 0 saturated carbocycles. The lowest BCUT2D eigenvalue weighted by Crippen LogP contribution is -2.06. The second kappa shape index (κ2) is 27.7. The molecule has 7 heteroatoms. The summed E-state index contributed by atoms with van der Waals surface area (Å²) in [5.41, 5.74) is 10.8. The van der Waals surface area contributed by atoms with E-state index in [0.29, 0.717) is 13.1 Å². The van der Waals surface area contributed by atoms with E-state index in [0.717, 1.165) is 130 Å². The van der Waals surface area contributed by atoms with Crippen molar-refractivity contribution in [3.05, 3.63) is 0 Å². The fourth-order valence-electron chi connectivity index (χ4n) is 2.51. The predicted molar refractivity (Wildman–Crippen MR) is 118 cm³/mol. The molecule has 0 atom stereocenters. The normalized spacial score (nSPS) is 11.4. The van der Waals surface area contributed by atoms with E-state index >= 15 is 0 Å². The van der Waals surface area contributed by atoms with Crippen molar-refractivity contribution in [1.29, 1.82) is 0 Å². The zero-order valence-corrected chi connectivity index (χ0v) is 18.8. The van der Waals surface area contributed by atoms with Gasteiger partial charge in [-0.05, 0) is 77.3 Å². The summed E-state index contributed by atoms with van der Waals surface area (Å²) in [5, 5.41) is 0. The van der Waals surface area contributed by atoms with Crippen molar-refractivity contribution in [3.8, 4) is 0 Å². The van der Waals surface area contributed by atoms with Crippen molar-refractivity contribution in [2.24, 2.45) is 11.5 Å². The molecule has 0 radical (unpaired) electrons. The third kappa shape index (κ3) is 27.7. The van der Waals surface area contributed by atoms with Gasteiger partial charge in [0.15, 0.2) is 0 Å². The minimum absolute atomic E-state index is 0.703. The lowest BCUT2D eigenvalue weighted by molar-refractivity contribution is 0.0818. The zero-order valence-electron chi connectivity index (χ0n) is 18.8. The van der Waals surface area contributed by atoms with Gasteiger partial charge in [0.05, 0.1) is 0 Å². The van der Waals surface area contributed by atoms with Crippen LogP contribution in [0, 0.1) is 0 Å². The summed E-state index contributed by atoms with van der Waals surface area (Å²) in [4.78, 5) is 0. The number of rotatable bonds is 26. The maximum atomic E-state index is 5.66. The number of hydrogen-bond acceptors (Lipinski definition) is 7. The smallest absolute Gasteiger partial charge is 0.0478 e. The minimum Gasteiger partial charge on any atom is -0.381 e. The molecule has 0 aliphatic heterocycles. The highest BCUT2D eigenvalue weighted by Gasteiger charge is 1.95. The van der Waals surface area contributed by atoms with Gasteiger partial charge in [-0.2, -0.15) is 0 Å². The summed E-state index contributed by atoms with van der Waals surface area (Å²) in [7, 11) is 0. The first kappa shape index (κ1) is 28.7. The van der Waals surface area contributed by atoms with Crippen molar-refractivity contribution >= 4 is 0 Å². The highest BCUT2D eigenvalue weighted by Crippen LogP contribution is 1.98. The maximum Gasteiger partial charge on any atom is 0.0478 e. The Bertz CT molecular complexity index is 260. The van der Waals surface area contributed by atoms with E-state index in [4.69, 9.17) is 35.2 Å². The van der Waals surface area contributed by atoms with Gasteiger partial charge in [-0.25, -0.2) is 0 Å². The summed E-state index contributed by atoms with van der Waals surface area (Å²) in [6.07, 6.45) is 10.4.